The van der Waals surface area contributed by atoms with E-state index in [0.29, 0.717) is 13.1 Å². The topological polar surface area (TPSA) is 85.1 Å². The van der Waals surface area contributed by atoms with Crippen LogP contribution in [0.2, 0.25) is 0 Å². The lowest BCUT2D eigenvalue weighted by Crippen LogP contribution is -2.45. The van der Waals surface area contributed by atoms with E-state index in [-0.39, 0.29) is 18.5 Å². The van der Waals surface area contributed by atoms with Crippen molar-refractivity contribution < 1.29 is 4.79 Å². The first kappa shape index (κ1) is 16.2. The molecule has 0 aliphatic carbocycles. The molecular weight excluding hydrogens is 308 g/mol. The van der Waals surface area contributed by atoms with Gasteiger partial charge in [0.2, 0.25) is 5.91 Å². The second-order valence-corrected chi connectivity index (χ2v) is 5.89. The molecule has 7 nitrogen and oxygen atoms in total. The normalized spacial score (nSPS) is 16.9. The number of amides is 1. The van der Waals surface area contributed by atoms with E-state index in [1.165, 1.54) is 16.8 Å². The summed E-state index contributed by atoms with van der Waals surface area (Å²) in [6.45, 7) is 1.67. The molecule has 1 aromatic heterocycles. The minimum Gasteiger partial charge on any atom is -0.350 e. The van der Waals surface area contributed by atoms with Crippen molar-refractivity contribution in [2.45, 2.75) is 25.6 Å². The summed E-state index contributed by atoms with van der Waals surface area (Å²) >= 11 is 0. The summed E-state index contributed by atoms with van der Waals surface area (Å²) < 4.78 is 2.40. The van der Waals surface area contributed by atoms with E-state index in [4.69, 9.17) is 0 Å². The Morgan fingerprint density at radius 3 is 2.71 bits per heavy atom. The van der Waals surface area contributed by atoms with Gasteiger partial charge in [0.25, 0.3) is 5.56 Å². The van der Waals surface area contributed by atoms with Crippen LogP contribution in [0.3, 0.4) is 0 Å². The number of carbonyl (C=O) groups is 1. The maximum atomic E-state index is 12.5. The lowest BCUT2D eigenvalue weighted by atomic mass is 10.2. The van der Waals surface area contributed by atoms with E-state index in [2.05, 4.69) is 10.6 Å². The third kappa shape index (κ3) is 3.80. The van der Waals surface area contributed by atoms with E-state index in [1.54, 1.807) is 0 Å². The quantitative estimate of drug-likeness (QED) is 0.778. The zero-order chi connectivity index (χ0) is 16.9. The molecule has 0 saturated carbocycles. The third-order valence-corrected chi connectivity index (χ3v) is 4.06. The maximum Gasteiger partial charge on any atom is 0.331 e. The van der Waals surface area contributed by atoms with Gasteiger partial charge < -0.3 is 10.6 Å². The fraction of sp³-hybridized carbons (Fsp3) is 0.353. The second kappa shape index (κ2) is 7.27. The summed E-state index contributed by atoms with van der Waals surface area (Å²) in [6, 6.07) is 10.9. The predicted molar refractivity (Wildman–Crippen MR) is 89.9 cm³/mol. The first-order valence-corrected chi connectivity index (χ1v) is 7.98. The molecule has 7 heteroatoms. The average molecular weight is 328 g/mol. The first-order valence-electron chi connectivity index (χ1n) is 7.98. The number of hydrogen-bond donors (Lipinski definition) is 2. The van der Waals surface area contributed by atoms with Crippen LogP contribution in [-0.2, 0) is 17.9 Å². The van der Waals surface area contributed by atoms with Crippen molar-refractivity contribution >= 4 is 5.91 Å². The summed E-state index contributed by atoms with van der Waals surface area (Å²) in [6.07, 6.45) is 2.32. The summed E-state index contributed by atoms with van der Waals surface area (Å²) in [5, 5.41) is 5.99. The number of carbonyl (C=O) groups excluding carboxylic acids is 1. The fourth-order valence-electron chi connectivity index (χ4n) is 2.80. The first-order chi connectivity index (χ1) is 11.6. The van der Waals surface area contributed by atoms with Gasteiger partial charge in [-0.05, 0) is 18.5 Å². The number of benzene rings is 1. The molecule has 3 rings (SSSR count). The molecule has 1 amide bonds. The minimum absolute atomic E-state index is 0.0588. The summed E-state index contributed by atoms with van der Waals surface area (Å²) in [4.78, 5) is 36.6. The van der Waals surface area contributed by atoms with E-state index in [1.807, 2.05) is 30.3 Å². The van der Waals surface area contributed by atoms with Crippen LogP contribution in [0.5, 0.6) is 0 Å². The predicted octanol–water partition coefficient (Wildman–Crippen LogP) is -0.464. The highest BCUT2D eigenvalue weighted by Crippen LogP contribution is 2.00. The summed E-state index contributed by atoms with van der Waals surface area (Å²) in [5.74, 6) is -0.319. The van der Waals surface area contributed by atoms with Gasteiger partial charge in [-0.3, -0.25) is 18.7 Å². The largest absolute Gasteiger partial charge is 0.350 e. The Morgan fingerprint density at radius 1 is 1.21 bits per heavy atom. The zero-order valence-corrected chi connectivity index (χ0v) is 13.3. The highest BCUT2D eigenvalue weighted by molar-refractivity contribution is 5.76. The molecule has 24 heavy (non-hydrogen) atoms. The third-order valence-electron chi connectivity index (χ3n) is 4.06. The van der Waals surface area contributed by atoms with Crippen LogP contribution in [-0.4, -0.2) is 34.2 Å². The van der Waals surface area contributed by atoms with Crippen molar-refractivity contribution in [1.29, 1.82) is 0 Å². The lowest BCUT2D eigenvalue weighted by Gasteiger charge is -2.13. The standard InChI is InChI=1S/C17H20N4O3/c22-15(19-14-6-8-18-10-14)12-21-16(23)7-9-20(17(21)24)11-13-4-2-1-3-5-13/h1-5,7,9,14,18H,6,8,10-12H2,(H,19,22). The minimum atomic E-state index is -0.481. The van der Waals surface area contributed by atoms with Crippen molar-refractivity contribution in [2.24, 2.45) is 0 Å². The van der Waals surface area contributed by atoms with Crippen molar-refractivity contribution in [3.8, 4) is 0 Å². The van der Waals surface area contributed by atoms with E-state index in [9.17, 15) is 14.4 Å². The highest BCUT2D eigenvalue weighted by atomic mass is 16.2. The molecule has 1 fully saturated rings. The SMILES string of the molecule is O=C(Cn1c(=O)ccn(Cc2ccccc2)c1=O)NC1CCNC1. The van der Waals surface area contributed by atoms with E-state index in [0.717, 1.165) is 23.1 Å². The Labute approximate surface area is 138 Å². The van der Waals surface area contributed by atoms with Gasteiger partial charge >= 0.3 is 5.69 Å². The van der Waals surface area contributed by atoms with Gasteiger partial charge in [-0.25, -0.2) is 4.79 Å². The Hall–Kier alpha value is -2.67. The van der Waals surface area contributed by atoms with Gasteiger partial charge in [-0.15, -0.1) is 0 Å². The molecular formula is C17H20N4O3. The molecule has 0 bridgehead atoms. The molecule has 0 spiro atoms. The number of nitrogens with one attached hydrogen (secondary N) is 2. The lowest BCUT2D eigenvalue weighted by molar-refractivity contribution is -0.122. The molecule has 1 unspecified atom stereocenters. The Bertz CT molecular complexity index is 820. The van der Waals surface area contributed by atoms with E-state index >= 15 is 0 Å². The average Bonchev–Trinajstić information content (AvgIpc) is 3.08. The highest BCUT2D eigenvalue weighted by Gasteiger charge is 2.18. The van der Waals surface area contributed by atoms with Gasteiger partial charge in [0.05, 0.1) is 6.54 Å². The molecule has 2 aromatic rings. The van der Waals surface area contributed by atoms with Crippen LogP contribution in [0.25, 0.3) is 0 Å². The Balaban J connectivity index is 1.77. The van der Waals surface area contributed by atoms with Gasteiger partial charge in [0.1, 0.15) is 6.54 Å². The number of rotatable bonds is 5. The van der Waals surface area contributed by atoms with Crippen LogP contribution in [0.1, 0.15) is 12.0 Å². The van der Waals surface area contributed by atoms with Crippen molar-refractivity contribution in [2.75, 3.05) is 13.1 Å². The van der Waals surface area contributed by atoms with Gasteiger partial charge in [-0.2, -0.15) is 0 Å². The van der Waals surface area contributed by atoms with Crippen LogP contribution in [0, 0.1) is 0 Å². The summed E-state index contributed by atoms with van der Waals surface area (Å²) in [7, 11) is 0. The number of hydrogen-bond acceptors (Lipinski definition) is 4. The molecule has 0 radical (unpaired) electrons. The van der Waals surface area contributed by atoms with Crippen molar-refractivity contribution in [3.63, 3.8) is 0 Å². The van der Waals surface area contributed by atoms with Gasteiger partial charge in [-0.1, -0.05) is 30.3 Å². The molecule has 2 heterocycles. The molecule has 1 aromatic carbocycles. The second-order valence-electron chi connectivity index (χ2n) is 5.89. The molecule has 126 valence electrons. The molecule has 2 N–H and O–H groups in total. The monoisotopic (exact) mass is 328 g/mol. The summed E-state index contributed by atoms with van der Waals surface area (Å²) in [5.41, 5.74) is 0.00124. The Morgan fingerprint density at radius 2 is 2.00 bits per heavy atom. The molecule has 1 aliphatic rings. The molecule has 1 aliphatic heterocycles. The van der Waals surface area contributed by atoms with Gasteiger partial charge in [0.15, 0.2) is 0 Å². The number of nitrogens with zero attached hydrogens (tertiary/aromatic N) is 2. The fourth-order valence-corrected chi connectivity index (χ4v) is 2.80. The van der Waals surface area contributed by atoms with Crippen molar-refractivity contribution in [3.05, 3.63) is 69.0 Å². The van der Waals surface area contributed by atoms with Gasteiger partial charge in [0, 0.05) is 24.8 Å². The van der Waals surface area contributed by atoms with E-state index < -0.39 is 11.2 Å². The van der Waals surface area contributed by atoms with Crippen molar-refractivity contribution in [1.82, 2.24) is 19.8 Å². The maximum absolute atomic E-state index is 12.5. The molecule has 1 atom stereocenters. The Kier molecular flexibility index (Phi) is 4.90. The van der Waals surface area contributed by atoms with Crippen LogP contribution in [0.4, 0.5) is 0 Å². The van der Waals surface area contributed by atoms with Crippen LogP contribution < -0.4 is 21.9 Å². The zero-order valence-electron chi connectivity index (χ0n) is 13.3. The van der Waals surface area contributed by atoms with Crippen LogP contribution in [0.15, 0.2) is 52.2 Å². The van der Waals surface area contributed by atoms with Crippen LogP contribution >= 0.6 is 0 Å². The smallest absolute Gasteiger partial charge is 0.331 e. The molecule has 1 saturated heterocycles. The number of aromatic nitrogens is 2.